The molecule has 2 rings (SSSR count). The number of hydrogen-bond acceptors (Lipinski definition) is 2. The highest BCUT2D eigenvalue weighted by Gasteiger charge is 2.02. The first-order valence-electron chi connectivity index (χ1n) is 5.37. The maximum Gasteiger partial charge on any atom is 0.0991 e. The van der Waals surface area contributed by atoms with E-state index in [0.29, 0.717) is 0 Å². The number of benzene rings is 1. The Balaban J connectivity index is 2.12. The lowest BCUT2D eigenvalue weighted by Gasteiger charge is -2.05. The lowest BCUT2D eigenvalue weighted by Crippen LogP contribution is -1.95. The summed E-state index contributed by atoms with van der Waals surface area (Å²) >= 11 is 2.31. The summed E-state index contributed by atoms with van der Waals surface area (Å²) in [5.41, 5.74) is 3.19. The molecular formula is C14H11IN2. The van der Waals surface area contributed by atoms with Gasteiger partial charge in [-0.1, -0.05) is 6.07 Å². The summed E-state index contributed by atoms with van der Waals surface area (Å²) in [4.78, 5) is 4.10. The van der Waals surface area contributed by atoms with E-state index in [9.17, 15) is 0 Å². The summed E-state index contributed by atoms with van der Waals surface area (Å²) < 4.78 is 1.21. The summed E-state index contributed by atoms with van der Waals surface area (Å²) in [7, 11) is 0. The Hall–Kier alpha value is -1.41. The van der Waals surface area contributed by atoms with Crippen LogP contribution in [-0.2, 0) is 12.8 Å². The number of rotatable bonds is 3. The van der Waals surface area contributed by atoms with Gasteiger partial charge >= 0.3 is 0 Å². The van der Waals surface area contributed by atoms with Crippen LogP contribution in [0.5, 0.6) is 0 Å². The number of aryl methyl sites for hydroxylation is 2. The molecule has 1 heterocycles. The molecule has 0 atom stereocenters. The molecule has 17 heavy (non-hydrogen) atoms. The third-order valence-electron chi connectivity index (χ3n) is 2.58. The molecule has 0 bridgehead atoms. The van der Waals surface area contributed by atoms with Crippen molar-refractivity contribution in [3.8, 4) is 6.07 Å². The monoisotopic (exact) mass is 334 g/mol. The topological polar surface area (TPSA) is 36.7 Å². The Labute approximate surface area is 114 Å². The molecule has 84 valence electrons. The van der Waals surface area contributed by atoms with E-state index in [2.05, 4.69) is 39.7 Å². The zero-order valence-electron chi connectivity index (χ0n) is 9.23. The van der Waals surface area contributed by atoms with Crippen molar-refractivity contribution in [2.75, 3.05) is 0 Å². The first-order valence-corrected chi connectivity index (χ1v) is 6.45. The third-order valence-corrected chi connectivity index (χ3v) is 3.63. The van der Waals surface area contributed by atoms with Gasteiger partial charge in [0.25, 0.3) is 0 Å². The maximum atomic E-state index is 8.88. The van der Waals surface area contributed by atoms with E-state index >= 15 is 0 Å². The number of halogens is 1. The molecule has 0 aliphatic carbocycles. The Bertz CT molecular complexity index is 544. The molecule has 1 aromatic heterocycles. The van der Waals surface area contributed by atoms with Crippen molar-refractivity contribution in [2.45, 2.75) is 12.8 Å². The van der Waals surface area contributed by atoms with Gasteiger partial charge in [-0.3, -0.25) is 4.98 Å². The minimum atomic E-state index is 0.728. The smallest absolute Gasteiger partial charge is 0.0991 e. The van der Waals surface area contributed by atoms with E-state index < -0.39 is 0 Å². The summed E-state index contributed by atoms with van der Waals surface area (Å²) in [6, 6.07) is 12.0. The highest BCUT2D eigenvalue weighted by Crippen LogP contribution is 2.16. The van der Waals surface area contributed by atoms with Crippen LogP contribution in [0.1, 0.15) is 16.7 Å². The predicted molar refractivity (Wildman–Crippen MR) is 75.5 cm³/mol. The standard InChI is InChI=1S/C14H11IN2/c15-14-6-4-12(9-16)8-13(14)5-3-11-2-1-7-17-10-11/h1-2,4,6-8,10H,3,5H2. The van der Waals surface area contributed by atoms with Crippen LogP contribution in [0.15, 0.2) is 42.7 Å². The lowest BCUT2D eigenvalue weighted by atomic mass is 10.0. The summed E-state index contributed by atoms with van der Waals surface area (Å²) in [5, 5.41) is 8.88. The van der Waals surface area contributed by atoms with Gasteiger partial charge in [0.2, 0.25) is 0 Å². The molecule has 0 amide bonds. The fourth-order valence-electron chi connectivity index (χ4n) is 1.66. The van der Waals surface area contributed by atoms with Crippen molar-refractivity contribution >= 4 is 22.6 Å². The first kappa shape index (κ1) is 12.1. The minimum absolute atomic E-state index is 0.728. The zero-order chi connectivity index (χ0) is 12.1. The van der Waals surface area contributed by atoms with Gasteiger partial charge in [0.15, 0.2) is 0 Å². The molecule has 0 aliphatic rings. The molecule has 0 spiro atoms. The normalized spacial score (nSPS) is 9.88. The van der Waals surface area contributed by atoms with Crippen LogP contribution in [-0.4, -0.2) is 4.98 Å². The fraction of sp³-hybridized carbons (Fsp3) is 0.143. The summed E-state index contributed by atoms with van der Waals surface area (Å²) in [5.74, 6) is 0. The van der Waals surface area contributed by atoms with E-state index in [1.807, 2.05) is 30.5 Å². The molecule has 0 fully saturated rings. The minimum Gasteiger partial charge on any atom is -0.264 e. The van der Waals surface area contributed by atoms with Crippen molar-refractivity contribution in [3.05, 3.63) is 63.0 Å². The van der Waals surface area contributed by atoms with Gasteiger partial charge in [0.05, 0.1) is 11.6 Å². The van der Waals surface area contributed by atoms with E-state index in [1.165, 1.54) is 14.7 Å². The number of nitriles is 1. The predicted octanol–water partition coefficient (Wildman–Crippen LogP) is 3.34. The van der Waals surface area contributed by atoms with Gasteiger partial charge in [0.1, 0.15) is 0 Å². The van der Waals surface area contributed by atoms with Crippen LogP contribution >= 0.6 is 22.6 Å². The Morgan fingerprint density at radius 2 is 2.12 bits per heavy atom. The van der Waals surface area contributed by atoms with Crippen LogP contribution < -0.4 is 0 Å². The average molecular weight is 334 g/mol. The Kier molecular flexibility index (Phi) is 4.10. The van der Waals surface area contributed by atoms with E-state index in [4.69, 9.17) is 5.26 Å². The second-order valence-corrected chi connectivity index (χ2v) is 4.94. The lowest BCUT2D eigenvalue weighted by molar-refractivity contribution is 0.943. The van der Waals surface area contributed by atoms with Crippen LogP contribution in [0.3, 0.4) is 0 Å². The van der Waals surface area contributed by atoms with Crippen LogP contribution in [0, 0.1) is 14.9 Å². The molecule has 0 saturated carbocycles. The Morgan fingerprint density at radius 1 is 1.24 bits per heavy atom. The molecule has 3 heteroatoms. The van der Waals surface area contributed by atoms with Crippen molar-refractivity contribution < 1.29 is 0 Å². The molecule has 0 unspecified atom stereocenters. The molecule has 1 aromatic carbocycles. The van der Waals surface area contributed by atoms with Gasteiger partial charge in [-0.15, -0.1) is 0 Å². The zero-order valence-corrected chi connectivity index (χ0v) is 11.4. The van der Waals surface area contributed by atoms with Crippen LogP contribution in [0.25, 0.3) is 0 Å². The van der Waals surface area contributed by atoms with E-state index in [0.717, 1.165) is 18.4 Å². The van der Waals surface area contributed by atoms with Crippen molar-refractivity contribution in [2.24, 2.45) is 0 Å². The molecule has 2 nitrogen and oxygen atoms in total. The molecule has 0 radical (unpaired) electrons. The highest BCUT2D eigenvalue weighted by atomic mass is 127. The third kappa shape index (κ3) is 3.27. The van der Waals surface area contributed by atoms with Gasteiger partial charge in [-0.2, -0.15) is 5.26 Å². The highest BCUT2D eigenvalue weighted by molar-refractivity contribution is 14.1. The molecule has 0 aliphatic heterocycles. The average Bonchev–Trinajstić information content (AvgIpc) is 2.39. The van der Waals surface area contributed by atoms with Gasteiger partial charge in [-0.05, 0) is 70.8 Å². The number of aromatic nitrogens is 1. The maximum absolute atomic E-state index is 8.88. The van der Waals surface area contributed by atoms with E-state index in [-0.39, 0.29) is 0 Å². The molecule has 0 N–H and O–H groups in total. The van der Waals surface area contributed by atoms with Crippen molar-refractivity contribution in [1.82, 2.24) is 4.98 Å². The number of nitrogens with zero attached hydrogens (tertiary/aromatic N) is 2. The quantitative estimate of drug-likeness (QED) is 0.808. The number of hydrogen-bond donors (Lipinski definition) is 0. The molecule has 0 saturated heterocycles. The summed E-state index contributed by atoms with van der Waals surface area (Å²) in [6.45, 7) is 0. The van der Waals surface area contributed by atoms with Gasteiger partial charge in [-0.25, -0.2) is 0 Å². The molecule has 2 aromatic rings. The van der Waals surface area contributed by atoms with Crippen molar-refractivity contribution in [3.63, 3.8) is 0 Å². The van der Waals surface area contributed by atoms with Crippen LogP contribution in [0.2, 0.25) is 0 Å². The summed E-state index contributed by atoms with van der Waals surface area (Å²) in [6.07, 6.45) is 5.57. The van der Waals surface area contributed by atoms with E-state index in [1.54, 1.807) is 6.20 Å². The Morgan fingerprint density at radius 3 is 2.82 bits per heavy atom. The second-order valence-electron chi connectivity index (χ2n) is 3.78. The van der Waals surface area contributed by atoms with Gasteiger partial charge < -0.3 is 0 Å². The number of pyridine rings is 1. The first-order chi connectivity index (χ1) is 8.29. The SMILES string of the molecule is N#Cc1ccc(I)c(CCc2cccnc2)c1. The molecular weight excluding hydrogens is 323 g/mol. The second kappa shape index (κ2) is 5.78. The fourth-order valence-corrected chi connectivity index (χ4v) is 2.27. The van der Waals surface area contributed by atoms with Crippen LogP contribution in [0.4, 0.5) is 0 Å². The largest absolute Gasteiger partial charge is 0.264 e. The van der Waals surface area contributed by atoms with Gasteiger partial charge in [0, 0.05) is 16.0 Å². The van der Waals surface area contributed by atoms with Crippen molar-refractivity contribution in [1.29, 1.82) is 5.26 Å².